The molecule has 3 nitrogen and oxygen atoms in total. The van der Waals surface area contributed by atoms with Crippen LogP contribution in [0.25, 0.3) is 11.0 Å². The van der Waals surface area contributed by atoms with Crippen molar-refractivity contribution in [3.63, 3.8) is 0 Å². The molecule has 0 aliphatic carbocycles. The predicted octanol–water partition coefficient (Wildman–Crippen LogP) is 2.22. The fourth-order valence-corrected chi connectivity index (χ4v) is 1.27. The number of rotatable bonds is 0. The van der Waals surface area contributed by atoms with Gasteiger partial charge in [0.2, 0.25) is 5.69 Å². The van der Waals surface area contributed by atoms with Gasteiger partial charge in [-0.05, 0) is 0 Å². The van der Waals surface area contributed by atoms with E-state index in [1.165, 1.54) is 0 Å². The highest BCUT2D eigenvalue weighted by atomic mass is 19.4. The van der Waals surface area contributed by atoms with Gasteiger partial charge in [0, 0.05) is 12.1 Å². The van der Waals surface area contributed by atoms with E-state index in [9.17, 15) is 26.7 Å². The zero-order valence-electron chi connectivity index (χ0n) is 7.90. The van der Waals surface area contributed by atoms with E-state index in [4.69, 9.17) is 0 Å². The number of aromatic nitrogens is 2. The molecule has 0 saturated heterocycles. The van der Waals surface area contributed by atoms with E-state index >= 15 is 0 Å². The van der Waals surface area contributed by atoms with E-state index in [1.54, 1.807) is 4.98 Å². The molecule has 0 unspecified atom stereocenters. The van der Waals surface area contributed by atoms with Gasteiger partial charge in [-0.2, -0.15) is 13.2 Å². The Bertz CT molecular complexity index is 646. The number of hydrogen-bond acceptors (Lipinski definition) is 2. The molecule has 1 aromatic heterocycles. The van der Waals surface area contributed by atoms with Gasteiger partial charge in [0.25, 0.3) is 5.56 Å². The Kier molecular flexibility index (Phi) is 2.37. The first-order chi connectivity index (χ1) is 7.79. The van der Waals surface area contributed by atoms with Crippen molar-refractivity contribution in [2.24, 2.45) is 0 Å². The van der Waals surface area contributed by atoms with Crippen LogP contribution in [0.5, 0.6) is 0 Å². The van der Waals surface area contributed by atoms with Crippen LogP contribution in [-0.2, 0) is 6.18 Å². The fraction of sp³-hybridized carbons (Fsp3) is 0.111. The second kappa shape index (κ2) is 3.51. The molecule has 1 N–H and O–H groups in total. The smallest absolute Gasteiger partial charge is 0.319 e. The van der Waals surface area contributed by atoms with Crippen molar-refractivity contribution < 1.29 is 22.0 Å². The molecular weight excluding hydrogens is 247 g/mol. The van der Waals surface area contributed by atoms with Crippen LogP contribution in [0, 0.1) is 11.6 Å². The first-order valence-electron chi connectivity index (χ1n) is 4.25. The quantitative estimate of drug-likeness (QED) is 0.728. The molecule has 90 valence electrons. The molecule has 1 aromatic carbocycles. The minimum atomic E-state index is -4.95. The van der Waals surface area contributed by atoms with Gasteiger partial charge >= 0.3 is 6.18 Å². The van der Waals surface area contributed by atoms with Crippen LogP contribution in [-0.4, -0.2) is 9.97 Å². The van der Waals surface area contributed by atoms with Crippen molar-refractivity contribution in [2.75, 3.05) is 0 Å². The zero-order valence-corrected chi connectivity index (χ0v) is 7.90. The van der Waals surface area contributed by atoms with E-state index in [0.717, 1.165) is 0 Å². The third-order valence-electron chi connectivity index (χ3n) is 2.00. The van der Waals surface area contributed by atoms with Crippen molar-refractivity contribution in [3.05, 3.63) is 39.8 Å². The minimum absolute atomic E-state index is 0.304. The highest BCUT2D eigenvalue weighted by Crippen LogP contribution is 2.26. The second-order valence-corrected chi connectivity index (χ2v) is 3.20. The lowest BCUT2D eigenvalue weighted by Crippen LogP contribution is -2.23. The summed E-state index contributed by atoms with van der Waals surface area (Å²) < 4.78 is 62.5. The van der Waals surface area contributed by atoms with Gasteiger partial charge in [-0.25, -0.2) is 13.8 Å². The summed E-state index contributed by atoms with van der Waals surface area (Å²) in [4.78, 5) is 15.8. The average Bonchev–Trinajstić information content (AvgIpc) is 2.18. The minimum Gasteiger partial charge on any atom is -0.319 e. The summed E-state index contributed by atoms with van der Waals surface area (Å²) in [5, 5.41) is 0. The van der Waals surface area contributed by atoms with E-state index in [0.29, 0.717) is 12.1 Å². The first kappa shape index (κ1) is 11.5. The number of H-pyrrole nitrogens is 1. The molecule has 0 spiro atoms. The lowest BCUT2D eigenvalue weighted by atomic mass is 10.2. The highest BCUT2D eigenvalue weighted by Gasteiger charge is 2.36. The number of aromatic amines is 1. The molecule has 0 bridgehead atoms. The Balaban J connectivity index is 2.81. The molecule has 0 aliphatic heterocycles. The lowest BCUT2D eigenvalue weighted by Gasteiger charge is -2.05. The molecule has 1 heterocycles. The Hall–Kier alpha value is -1.99. The molecule has 0 fully saturated rings. The molecule has 8 heteroatoms. The topological polar surface area (TPSA) is 45.8 Å². The summed E-state index contributed by atoms with van der Waals surface area (Å²) in [5.74, 6) is -2.63. The Morgan fingerprint density at radius 2 is 1.71 bits per heavy atom. The summed E-state index contributed by atoms with van der Waals surface area (Å²) in [6.45, 7) is 0. The van der Waals surface area contributed by atoms with Crippen LogP contribution < -0.4 is 5.56 Å². The SMILES string of the molecule is O=c1[nH]c2cc(F)c(F)cc2nc1C(F)(F)F. The van der Waals surface area contributed by atoms with E-state index in [-0.39, 0.29) is 5.52 Å². The first-order valence-corrected chi connectivity index (χ1v) is 4.25. The predicted molar refractivity (Wildman–Crippen MR) is 47.3 cm³/mol. The summed E-state index contributed by atoms with van der Waals surface area (Å²) in [7, 11) is 0. The van der Waals surface area contributed by atoms with Crippen LogP contribution in [0.1, 0.15) is 5.69 Å². The number of nitrogens with zero attached hydrogens (tertiary/aromatic N) is 1. The number of nitrogens with one attached hydrogen (secondary N) is 1. The van der Waals surface area contributed by atoms with Crippen molar-refractivity contribution in [2.45, 2.75) is 6.18 Å². The summed E-state index contributed by atoms with van der Waals surface area (Å²) in [6, 6.07) is 1.05. The maximum Gasteiger partial charge on any atom is 0.438 e. The molecular formula is C9H3F5N2O. The number of fused-ring (bicyclic) bond motifs is 1. The van der Waals surface area contributed by atoms with Crippen LogP contribution in [0.3, 0.4) is 0 Å². The van der Waals surface area contributed by atoms with Crippen LogP contribution >= 0.6 is 0 Å². The van der Waals surface area contributed by atoms with Gasteiger partial charge in [0.15, 0.2) is 11.6 Å². The molecule has 0 radical (unpaired) electrons. The number of benzene rings is 1. The van der Waals surface area contributed by atoms with Gasteiger partial charge in [-0.3, -0.25) is 4.79 Å². The fourth-order valence-electron chi connectivity index (χ4n) is 1.27. The number of hydrogen-bond donors (Lipinski definition) is 1. The summed E-state index contributed by atoms with van der Waals surface area (Å²) in [6.07, 6.45) is -4.95. The number of alkyl halides is 3. The number of halogens is 5. The van der Waals surface area contributed by atoms with E-state index in [1.807, 2.05) is 0 Å². The summed E-state index contributed by atoms with van der Waals surface area (Å²) in [5.41, 5.74) is -3.98. The standard InChI is InChI=1S/C9H3F5N2O/c10-3-1-5-6(2-4(3)11)16-8(17)7(15-5)9(12,13)14/h1-2H,(H,16,17). The lowest BCUT2D eigenvalue weighted by molar-refractivity contribution is -0.142. The normalized spacial score (nSPS) is 12.1. The molecule has 0 atom stereocenters. The van der Waals surface area contributed by atoms with E-state index < -0.39 is 34.6 Å². The van der Waals surface area contributed by atoms with Crippen molar-refractivity contribution in [1.29, 1.82) is 0 Å². The Morgan fingerprint density at radius 1 is 1.12 bits per heavy atom. The van der Waals surface area contributed by atoms with Crippen LogP contribution in [0.4, 0.5) is 22.0 Å². The van der Waals surface area contributed by atoms with E-state index in [2.05, 4.69) is 4.98 Å². The maximum atomic E-state index is 12.8. The monoisotopic (exact) mass is 250 g/mol. The molecule has 17 heavy (non-hydrogen) atoms. The molecule has 0 saturated carbocycles. The second-order valence-electron chi connectivity index (χ2n) is 3.20. The van der Waals surface area contributed by atoms with Gasteiger partial charge in [-0.15, -0.1) is 0 Å². The van der Waals surface area contributed by atoms with Gasteiger partial charge in [-0.1, -0.05) is 0 Å². The van der Waals surface area contributed by atoms with Crippen molar-refractivity contribution in [3.8, 4) is 0 Å². The third kappa shape index (κ3) is 1.97. The molecule has 2 aromatic rings. The van der Waals surface area contributed by atoms with Gasteiger partial charge < -0.3 is 4.98 Å². The molecule has 0 amide bonds. The zero-order chi connectivity index (χ0) is 12.8. The molecule has 2 rings (SSSR count). The Labute approximate surface area is 89.9 Å². The largest absolute Gasteiger partial charge is 0.438 e. The Morgan fingerprint density at radius 3 is 2.29 bits per heavy atom. The third-order valence-corrected chi connectivity index (χ3v) is 2.00. The van der Waals surface area contributed by atoms with Crippen molar-refractivity contribution in [1.82, 2.24) is 9.97 Å². The van der Waals surface area contributed by atoms with Gasteiger partial charge in [0.05, 0.1) is 11.0 Å². The van der Waals surface area contributed by atoms with Crippen LogP contribution in [0.15, 0.2) is 16.9 Å². The van der Waals surface area contributed by atoms with Crippen LogP contribution in [0.2, 0.25) is 0 Å². The average molecular weight is 250 g/mol. The highest BCUT2D eigenvalue weighted by molar-refractivity contribution is 5.74. The van der Waals surface area contributed by atoms with Gasteiger partial charge in [0.1, 0.15) is 0 Å². The maximum absolute atomic E-state index is 12.8. The van der Waals surface area contributed by atoms with Crippen molar-refractivity contribution >= 4 is 11.0 Å². The summed E-state index contributed by atoms with van der Waals surface area (Å²) >= 11 is 0. The molecule has 0 aliphatic rings.